The molecule has 0 aliphatic carbocycles. The van der Waals surface area contributed by atoms with Gasteiger partial charge in [0.15, 0.2) is 0 Å². The maximum atomic E-state index is 12.2. The number of carbonyl (C=O) groups excluding carboxylic acids is 1. The van der Waals surface area contributed by atoms with Gasteiger partial charge in [-0.3, -0.25) is 0 Å². The number of rotatable bonds is 4. The van der Waals surface area contributed by atoms with E-state index < -0.39 is 5.97 Å². The molecule has 3 aromatic rings. The van der Waals surface area contributed by atoms with Crippen molar-refractivity contribution < 1.29 is 14.3 Å². The highest BCUT2D eigenvalue weighted by atomic mass is 35.5. The van der Waals surface area contributed by atoms with Crippen LogP contribution in [0.2, 0.25) is 5.02 Å². The van der Waals surface area contributed by atoms with E-state index in [1.165, 1.54) is 17.4 Å². The van der Waals surface area contributed by atoms with Crippen molar-refractivity contribution in [2.24, 2.45) is 0 Å². The van der Waals surface area contributed by atoms with Gasteiger partial charge in [-0.05, 0) is 44.5 Å². The molecule has 2 heterocycles. The fourth-order valence-corrected chi connectivity index (χ4v) is 3.76. The zero-order valence-corrected chi connectivity index (χ0v) is 15.9. The van der Waals surface area contributed by atoms with Crippen molar-refractivity contribution in [3.05, 3.63) is 45.1 Å². The number of nitrogens with zero attached hydrogens (tertiary/aromatic N) is 3. The zero-order valence-electron chi connectivity index (χ0n) is 14.3. The third-order valence-corrected chi connectivity index (χ3v) is 5.06. The number of hydrogen-bond donors (Lipinski definition) is 0. The number of benzene rings is 1. The molecule has 0 unspecified atom stereocenters. The SMILES string of the molecule is CCOC(=O)c1sc2nc(C)nc(Oc3ccc(C#N)cc3Cl)c2c1C. The van der Waals surface area contributed by atoms with Crippen LogP contribution < -0.4 is 4.74 Å². The van der Waals surface area contributed by atoms with Gasteiger partial charge < -0.3 is 9.47 Å². The van der Waals surface area contributed by atoms with Gasteiger partial charge >= 0.3 is 5.97 Å². The topological polar surface area (TPSA) is 85.1 Å². The average Bonchev–Trinajstić information content (AvgIpc) is 2.93. The number of esters is 1. The average molecular weight is 388 g/mol. The van der Waals surface area contributed by atoms with Crippen molar-refractivity contribution >= 4 is 39.1 Å². The van der Waals surface area contributed by atoms with Crippen molar-refractivity contribution in [3.63, 3.8) is 0 Å². The largest absolute Gasteiger partial charge is 0.462 e. The van der Waals surface area contributed by atoms with Crippen molar-refractivity contribution in [1.82, 2.24) is 9.97 Å². The summed E-state index contributed by atoms with van der Waals surface area (Å²) in [5, 5.41) is 9.88. The molecule has 1 aromatic carbocycles. The monoisotopic (exact) mass is 387 g/mol. The number of nitriles is 1. The molecule has 0 saturated heterocycles. The Balaban J connectivity index is 2.11. The van der Waals surface area contributed by atoms with E-state index in [1.54, 1.807) is 32.9 Å². The van der Waals surface area contributed by atoms with Crippen LogP contribution in [-0.4, -0.2) is 22.5 Å². The molecule has 0 atom stereocenters. The van der Waals surface area contributed by atoms with Crippen LogP contribution in [0.5, 0.6) is 11.6 Å². The first kappa shape index (κ1) is 18.1. The van der Waals surface area contributed by atoms with Crippen LogP contribution in [0.1, 0.15) is 33.5 Å². The Labute approximate surface area is 159 Å². The number of halogens is 1. The molecular formula is C18H14ClN3O3S. The molecule has 0 aliphatic rings. The number of hydrogen-bond acceptors (Lipinski definition) is 7. The fraction of sp³-hybridized carbons (Fsp3) is 0.222. The molecule has 3 rings (SSSR count). The minimum atomic E-state index is -0.395. The Morgan fingerprint density at radius 1 is 1.35 bits per heavy atom. The van der Waals surface area contributed by atoms with Gasteiger partial charge in [-0.2, -0.15) is 10.2 Å². The van der Waals surface area contributed by atoms with Crippen LogP contribution in [0.4, 0.5) is 0 Å². The summed E-state index contributed by atoms with van der Waals surface area (Å²) in [5.74, 6) is 0.790. The summed E-state index contributed by atoms with van der Waals surface area (Å²) >= 11 is 7.43. The third-order valence-electron chi connectivity index (χ3n) is 3.60. The molecule has 0 spiro atoms. The Hall–Kier alpha value is -2.69. The van der Waals surface area contributed by atoms with Crippen LogP contribution in [-0.2, 0) is 4.74 Å². The smallest absolute Gasteiger partial charge is 0.348 e. The third kappa shape index (κ3) is 3.34. The maximum Gasteiger partial charge on any atom is 0.348 e. The normalized spacial score (nSPS) is 10.6. The fourth-order valence-electron chi connectivity index (χ4n) is 2.43. The molecule has 0 bridgehead atoms. The number of carbonyl (C=O) groups is 1. The summed E-state index contributed by atoms with van der Waals surface area (Å²) in [6.07, 6.45) is 0. The van der Waals surface area contributed by atoms with E-state index in [9.17, 15) is 4.79 Å². The Bertz CT molecular complexity index is 1060. The van der Waals surface area contributed by atoms with E-state index in [-0.39, 0.29) is 0 Å². The van der Waals surface area contributed by atoms with Gasteiger partial charge in [0.25, 0.3) is 0 Å². The minimum Gasteiger partial charge on any atom is -0.462 e. The summed E-state index contributed by atoms with van der Waals surface area (Å²) in [6.45, 7) is 5.59. The highest BCUT2D eigenvalue weighted by Gasteiger charge is 2.22. The van der Waals surface area contributed by atoms with Gasteiger partial charge in [0.05, 0.1) is 28.6 Å². The molecule has 0 fully saturated rings. The molecule has 0 N–H and O–H groups in total. The maximum absolute atomic E-state index is 12.2. The van der Waals surface area contributed by atoms with E-state index >= 15 is 0 Å². The number of aromatic nitrogens is 2. The lowest BCUT2D eigenvalue weighted by Crippen LogP contribution is -2.03. The Kier molecular flexibility index (Phi) is 5.07. The zero-order chi connectivity index (χ0) is 18.8. The summed E-state index contributed by atoms with van der Waals surface area (Å²) in [4.78, 5) is 22.0. The van der Waals surface area contributed by atoms with E-state index in [0.29, 0.717) is 55.3 Å². The van der Waals surface area contributed by atoms with Crippen molar-refractivity contribution in [1.29, 1.82) is 5.26 Å². The highest BCUT2D eigenvalue weighted by Crippen LogP contribution is 2.38. The summed E-state index contributed by atoms with van der Waals surface area (Å²) in [6, 6.07) is 6.76. The molecule has 0 radical (unpaired) electrons. The van der Waals surface area contributed by atoms with Crippen molar-refractivity contribution in [3.8, 4) is 17.7 Å². The summed E-state index contributed by atoms with van der Waals surface area (Å²) in [7, 11) is 0. The van der Waals surface area contributed by atoms with E-state index in [1.807, 2.05) is 6.07 Å². The standard InChI is InChI=1S/C18H14ClN3O3S/c1-4-24-18(23)15-9(2)14-16(21-10(3)22-17(14)26-15)25-13-6-5-11(8-20)7-12(13)19/h5-7H,4H2,1-3H3. The number of thiophene rings is 1. The van der Waals surface area contributed by atoms with Crippen molar-refractivity contribution in [2.75, 3.05) is 6.61 Å². The minimum absolute atomic E-state index is 0.293. The first-order valence-corrected chi connectivity index (χ1v) is 8.96. The van der Waals surface area contributed by atoms with E-state index in [0.717, 1.165) is 0 Å². The molecule has 132 valence electrons. The van der Waals surface area contributed by atoms with E-state index in [4.69, 9.17) is 26.3 Å². The van der Waals surface area contributed by atoms with Gasteiger partial charge in [0, 0.05) is 0 Å². The van der Waals surface area contributed by atoms with E-state index in [2.05, 4.69) is 9.97 Å². The molecular weight excluding hydrogens is 374 g/mol. The lowest BCUT2D eigenvalue weighted by molar-refractivity contribution is 0.0531. The Morgan fingerprint density at radius 2 is 2.12 bits per heavy atom. The molecule has 6 nitrogen and oxygen atoms in total. The van der Waals surface area contributed by atoms with Gasteiger partial charge in [0.1, 0.15) is 21.3 Å². The number of fused-ring (bicyclic) bond motifs is 1. The molecule has 2 aromatic heterocycles. The van der Waals surface area contributed by atoms with Gasteiger partial charge in [-0.1, -0.05) is 11.6 Å². The predicted octanol–water partition coefficient (Wildman–Crippen LogP) is 4.80. The second kappa shape index (κ2) is 7.28. The van der Waals surface area contributed by atoms with Crippen LogP contribution in [0.25, 0.3) is 10.2 Å². The lowest BCUT2D eigenvalue weighted by Gasteiger charge is -2.09. The first-order valence-electron chi connectivity index (χ1n) is 7.77. The second-order valence-corrected chi connectivity index (χ2v) is 6.80. The van der Waals surface area contributed by atoms with Gasteiger partial charge in [0.2, 0.25) is 5.88 Å². The Morgan fingerprint density at radius 3 is 2.77 bits per heavy atom. The molecule has 0 amide bonds. The van der Waals surface area contributed by atoms with Crippen LogP contribution in [0, 0.1) is 25.2 Å². The second-order valence-electron chi connectivity index (χ2n) is 5.39. The quantitative estimate of drug-likeness (QED) is 0.597. The summed E-state index contributed by atoms with van der Waals surface area (Å²) in [5.41, 5.74) is 1.13. The van der Waals surface area contributed by atoms with Crippen LogP contribution >= 0.6 is 22.9 Å². The lowest BCUT2D eigenvalue weighted by atomic mass is 10.2. The van der Waals surface area contributed by atoms with Gasteiger partial charge in [-0.25, -0.2) is 9.78 Å². The predicted molar refractivity (Wildman–Crippen MR) is 99.1 cm³/mol. The molecule has 0 aliphatic heterocycles. The van der Waals surface area contributed by atoms with Crippen LogP contribution in [0.15, 0.2) is 18.2 Å². The summed E-state index contributed by atoms with van der Waals surface area (Å²) < 4.78 is 11.0. The van der Waals surface area contributed by atoms with Gasteiger partial charge in [-0.15, -0.1) is 11.3 Å². The molecule has 0 saturated carbocycles. The number of ether oxygens (including phenoxy) is 2. The molecule has 8 heteroatoms. The number of aryl methyl sites for hydroxylation is 2. The highest BCUT2D eigenvalue weighted by molar-refractivity contribution is 7.20. The first-order chi connectivity index (χ1) is 12.4. The van der Waals surface area contributed by atoms with Crippen molar-refractivity contribution in [2.45, 2.75) is 20.8 Å². The molecule has 26 heavy (non-hydrogen) atoms. The van der Waals surface area contributed by atoms with Crippen LogP contribution in [0.3, 0.4) is 0 Å².